The number of nitrogens with zero attached hydrogens (tertiary/aromatic N) is 1. The number of aromatic nitrogens is 1. The fourth-order valence-corrected chi connectivity index (χ4v) is 1.82. The molecule has 0 atom stereocenters. The van der Waals surface area contributed by atoms with Gasteiger partial charge in [-0.1, -0.05) is 12.1 Å². The molecule has 0 amide bonds. The van der Waals surface area contributed by atoms with Gasteiger partial charge < -0.3 is 14.8 Å². The van der Waals surface area contributed by atoms with Crippen molar-refractivity contribution < 1.29 is 14.8 Å². The van der Waals surface area contributed by atoms with Gasteiger partial charge in [0.05, 0.1) is 6.61 Å². The monoisotopic (exact) mass is 257 g/mol. The summed E-state index contributed by atoms with van der Waals surface area (Å²) in [6.07, 6.45) is 4.34. The van der Waals surface area contributed by atoms with E-state index in [-0.39, 0.29) is 0 Å². The van der Waals surface area contributed by atoms with E-state index in [4.69, 9.17) is 14.8 Å². The maximum absolute atomic E-state index is 9.07. The Kier molecular flexibility index (Phi) is 4.55. The molecule has 2 N–H and O–H groups in total. The summed E-state index contributed by atoms with van der Waals surface area (Å²) in [5, 5.41) is 18.1. The van der Waals surface area contributed by atoms with Gasteiger partial charge in [-0.05, 0) is 41.7 Å². The molecule has 19 heavy (non-hydrogen) atoms. The van der Waals surface area contributed by atoms with Crippen molar-refractivity contribution in [3.8, 4) is 5.75 Å². The van der Waals surface area contributed by atoms with E-state index in [1.54, 1.807) is 30.6 Å². The maximum atomic E-state index is 9.07. The summed E-state index contributed by atoms with van der Waals surface area (Å²) in [5.41, 5.74) is 2.54. The minimum atomic E-state index is -1.44. The van der Waals surface area contributed by atoms with Crippen LogP contribution in [0.25, 0.3) is 0 Å². The van der Waals surface area contributed by atoms with Gasteiger partial charge in [-0.3, -0.25) is 4.98 Å². The van der Waals surface area contributed by atoms with Crippen LogP contribution in [-0.4, -0.2) is 28.8 Å². The Balaban J connectivity index is 1.93. The molecule has 98 valence electrons. The molecular weight excluding hydrogens is 241 g/mol. The average molecular weight is 257 g/mol. The Hall–Kier alpha value is -1.85. The van der Waals surface area contributed by atoms with Crippen molar-refractivity contribution in [1.82, 2.24) is 4.98 Å². The van der Waals surface area contributed by atoms with Crippen molar-refractivity contribution in [2.75, 3.05) is 6.61 Å². The molecule has 2 aromatic rings. The number of aryl methyl sites for hydroxylation is 1. The minimum absolute atomic E-state index is 0.471. The lowest BCUT2D eigenvalue weighted by Crippen LogP contribution is -2.29. The predicted octanol–water partition coefficient (Wildman–Crippen LogP) is 0.691. The van der Waals surface area contributed by atoms with Crippen LogP contribution >= 0.6 is 0 Å². The fourth-order valence-electron chi connectivity index (χ4n) is 1.82. The van der Waals surface area contributed by atoms with E-state index >= 15 is 0 Å². The van der Waals surface area contributed by atoms with Gasteiger partial charge in [-0.2, -0.15) is 0 Å². The SMILES string of the molecule is Cc1cc(B(O)O)ccc1OCCc1ccncc1. The highest BCUT2D eigenvalue weighted by Crippen LogP contribution is 2.15. The number of hydrogen-bond acceptors (Lipinski definition) is 4. The van der Waals surface area contributed by atoms with Gasteiger partial charge >= 0.3 is 7.12 Å². The van der Waals surface area contributed by atoms with E-state index in [1.165, 1.54) is 5.56 Å². The molecule has 1 heterocycles. The molecule has 2 rings (SSSR count). The average Bonchev–Trinajstić information content (AvgIpc) is 2.41. The summed E-state index contributed by atoms with van der Waals surface area (Å²) in [7, 11) is -1.44. The van der Waals surface area contributed by atoms with Gasteiger partial charge in [0.1, 0.15) is 5.75 Å². The number of hydrogen-bond donors (Lipinski definition) is 2. The molecule has 0 aliphatic rings. The van der Waals surface area contributed by atoms with Crippen LogP contribution in [0.5, 0.6) is 5.75 Å². The van der Waals surface area contributed by atoms with E-state index in [9.17, 15) is 0 Å². The Bertz CT molecular complexity index is 531. The second kappa shape index (κ2) is 6.36. The van der Waals surface area contributed by atoms with E-state index < -0.39 is 7.12 Å². The van der Waals surface area contributed by atoms with Crippen LogP contribution in [0.15, 0.2) is 42.7 Å². The predicted molar refractivity (Wildman–Crippen MR) is 74.4 cm³/mol. The zero-order valence-corrected chi connectivity index (χ0v) is 10.8. The first-order valence-electron chi connectivity index (χ1n) is 6.15. The second-order valence-corrected chi connectivity index (χ2v) is 4.35. The summed E-state index contributed by atoms with van der Waals surface area (Å²) in [6, 6.07) is 9.05. The molecule has 1 aromatic heterocycles. The second-order valence-electron chi connectivity index (χ2n) is 4.35. The third-order valence-electron chi connectivity index (χ3n) is 2.89. The van der Waals surface area contributed by atoms with Crippen LogP contribution in [0.3, 0.4) is 0 Å². The molecule has 0 saturated carbocycles. The van der Waals surface area contributed by atoms with Crippen molar-refractivity contribution in [3.05, 3.63) is 53.9 Å². The molecular formula is C14H16BNO3. The Morgan fingerprint density at radius 1 is 1.16 bits per heavy atom. The molecule has 0 radical (unpaired) electrons. The molecule has 0 aliphatic heterocycles. The highest BCUT2D eigenvalue weighted by atomic mass is 16.5. The molecule has 0 unspecified atom stereocenters. The first kappa shape index (κ1) is 13.6. The molecule has 0 saturated heterocycles. The van der Waals surface area contributed by atoms with E-state index in [0.29, 0.717) is 12.1 Å². The van der Waals surface area contributed by atoms with Crippen molar-refractivity contribution in [2.45, 2.75) is 13.3 Å². The Labute approximate surface area is 112 Å². The van der Waals surface area contributed by atoms with Crippen LogP contribution in [0.4, 0.5) is 0 Å². The topological polar surface area (TPSA) is 62.6 Å². The van der Waals surface area contributed by atoms with Crippen molar-refractivity contribution >= 4 is 12.6 Å². The van der Waals surface area contributed by atoms with Crippen molar-refractivity contribution in [3.63, 3.8) is 0 Å². The number of benzene rings is 1. The Morgan fingerprint density at radius 2 is 1.89 bits per heavy atom. The summed E-state index contributed by atoms with van der Waals surface area (Å²) >= 11 is 0. The van der Waals surface area contributed by atoms with Gasteiger partial charge in [0.2, 0.25) is 0 Å². The Morgan fingerprint density at radius 3 is 2.53 bits per heavy atom. The number of rotatable bonds is 5. The van der Waals surface area contributed by atoms with Crippen molar-refractivity contribution in [1.29, 1.82) is 0 Å². The number of pyridine rings is 1. The van der Waals surface area contributed by atoms with Crippen LogP contribution in [-0.2, 0) is 6.42 Å². The standard InChI is InChI=1S/C14H16BNO3/c1-11-10-13(15(17)18)2-3-14(11)19-9-6-12-4-7-16-8-5-12/h2-5,7-8,10,17-18H,6,9H2,1H3. The normalized spacial score (nSPS) is 10.3. The van der Waals surface area contributed by atoms with Crippen LogP contribution in [0.1, 0.15) is 11.1 Å². The van der Waals surface area contributed by atoms with E-state index in [0.717, 1.165) is 17.7 Å². The highest BCUT2D eigenvalue weighted by molar-refractivity contribution is 6.58. The lowest BCUT2D eigenvalue weighted by molar-refractivity contribution is 0.320. The highest BCUT2D eigenvalue weighted by Gasteiger charge is 2.12. The van der Waals surface area contributed by atoms with Crippen LogP contribution in [0, 0.1) is 6.92 Å². The summed E-state index contributed by atoms with van der Waals surface area (Å²) in [6.45, 7) is 2.46. The van der Waals surface area contributed by atoms with Crippen LogP contribution < -0.4 is 10.2 Å². The molecule has 0 bridgehead atoms. The largest absolute Gasteiger partial charge is 0.493 e. The van der Waals surface area contributed by atoms with Gasteiger partial charge in [0.25, 0.3) is 0 Å². The number of ether oxygens (including phenoxy) is 1. The van der Waals surface area contributed by atoms with Gasteiger partial charge in [-0.25, -0.2) is 0 Å². The van der Waals surface area contributed by atoms with E-state index in [2.05, 4.69) is 4.98 Å². The molecule has 1 aromatic carbocycles. The first-order chi connectivity index (χ1) is 9.16. The van der Waals surface area contributed by atoms with Gasteiger partial charge in [0.15, 0.2) is 0 Å². The zero-order chi connectivity index (χ0) is 13.7. The molecule has 4 nitrogen and oxygen atoms in total. The summed E-state index contributed by atoms with van der Waals surface area (Å²) < 4.78 is 5.69. The first-order valence-corrected chi connectivity index (χ1v) is 6.15. The van der Waals surface area contributed by atoms with Gasteiger partial charge in [0, 0.05) is 18.8 Å². The third-order valence-corrected chi connectivity index (χ3v) is 2.89. The van der Waals surface area contributed by atoms with E-state index in [1.807, 2.05) is 19.1 Å². The third kappa shape index (κ3) is 3.81. The maximum Gasteiger partial charge on any atom is 0.488 e. The molecule has 0 aliphatic carbocycles. The summed E-state index contributed by atoms with van der Waals surface area (Å²) in [5.74, 6) is 0.762. The van der Waals surface area contributed by atoms with Crippen LogP contribution in [0.2, 0.25) is 0 Å². The minimum Gasteiger partial charge on any atom is -0.493 e. The lowest BCUT2D eigenvalue weighted by Gasteiger charge is -2.10. The molecule has 5 heteroatoms. The zero-order valence-electron chi connectivity index (χ0n) is 10.8. The quantitative estimate of drug-likeness (QED) is 0.773. The summed E-state index contributed by atoms with van der Waals surface area (Å²) in [4.78, 5) is 3.96. The molecule has 0 fully saturated rings. The van der Waals surface area contributed by atoms with Gasteiger partial charge in [-0.15, -0.1) is 0 Å². The smallest absolute Gasteiger partial charge is 0.488 e. The lowest BCUT2D eigenvalue weighted by atomic mass is 9.79. The fraction of sp³-hybridized carbons (Fsp3) is 0.214. The van der Waals surface area contributed by atoms with Crippen molar-refractivity contribution in [2.24, 2.45) is 0 Å². The molecule has 0 spiro atoms.